The Morgan fingerprint density at radius 3 is 2.44 bits per heavy atom. The minimum Gasteiger partial charge on any atom is -0.349 e. The molecule has 1 aromatic rings. The number of amides is 5. The van der Waals surface area contributed by atoms with Crippen LogP contribution in [0, 0.1) is 12.3 Å². The highest BCUT2D eigenvalue weighted by Crippen LogP contribution is 2.31. The smallest absolute Gasteiger partial charge is 0.321 e. The number of likely N-dealkylation sites (tertiary alicyclic amines) is 1. The number of piperidine rings is 2. The van der Waals surface area contributed by atoms with E-state index in [2.05, 4.69) is 26.8 Å². The molecule has 39 heavy (non-hydrogen) atoms. The third kappa shape index (κ3) is 6.04. The minimum atomic E-state index is -0.813. The first-order valence-electron chi connectivity index (χ1n) is 14.1. The number of rotatable bonds is 2. The number of para-hydroxylation sites is 1. The van der Waals surface area contributed by atoms with E-state index in [4.69, 9.17) is 6.42 Å². The molecule has 0 radical (unpaired) electrons. The molecule has 5 fully saturated rings. The topological polar surface area (TPSA) is 114 Å². The highest BCUT2D eigenvalue weighted by Gasteiger charge is 2.44. The molecule has 5 amide bonds. The Bertz CT molecular complexity index is 1120. The van der Waals surface area contributed by atoms with Crippen LogP contribution in [0.3, 0.4) is 0 Å². The Morgan fingerprint density at radius 2 is 1.74 bits per heavy atom. The summed E-state index contributed by atoms with van der Waals surface area (Å²) in [6.07, 6.45) is 9.89. The summed E-state index contributed by atoms with van der Waals surface area (Å²) in [6.45, 7) is 2.83. The first-order chi connectivity index (χ1) is 18.9. The molecule has 2 atom stereocenters. The maximum Gasteiger partial charge on any atom is 0.321 e. The van der Waals surface area contributed by atoms with Crippen molar-refractivity contribution in [2.24, 2.45) is 0 Å². The van der Waals surface area contributed by atoms with Gasteiger partial charge in [0.05, 0.1) is 11.6 Å². The van der Waals surface area contributed by atoms with Gasteiger partial charge >= 0.3 is 6.03 Å². The molecule has 5 heterocycles. The average Bonchev–Trinajstić information content (AvgIpc) is 3.43. The van der Waals surface area contributed by atoms with Crippen molar-refractivity contribution < 1.29 is 19.2 Å². The number of anilines is 1. The van der Waals surface area contributed by atoms with Crippen molar-refractivity contribution in [3.05, 3.63) is 30.3 Å². The van der Waals surface area contributed by atoms with Crippen molar-refractivity contribution in [2.45, 2.75) is 75.0 Å². The third-order valence-corrected chi connectivity index (χ3v) is 8.72. The van der Waals surface area contributed by atoms with Gasteiger partial charge in [-0.3, -0.25) is 19.3 Å². The highest BCUT2D eigenvalue weighted by atomic mass is 16.2. The first kappa shape index (κ1) is 27.0. The number of benzene rings is 1. The number of carbonyl (C=O) groups is 4. The van der Waals surface area contributed by atoms with Crippen molar-refractivity contribution in [1.82, 2.24) is 25.3 Å². The molecule has 1 aromatic carbocycles. The Hall–Kier alpha value is -3.58. The van der Waals surface area contributed by atoms with Gasteiger partial charge < -0.3 is 25.8 Å². The molecule has 10 heteroatoms. The lowest BCUT2D eigenvalue weighted by molar-refractivity contribution is -0.140. The number of nitrogens with zero attached hydrogens (tertiary/aromatic N) is 3. The molecule has 6 rings (SSSR count). The molecule has 10 nitrogen and oxygen atoms in total. The second-order valence-corrected chi connectivity index (χ2v) is 11.2. The summed E-state index contributed by atoms with van der Waals surface area (Å²) in [5, 5.41) is 9.06. The zero-order valence-corrected chi connectivity index (χ0v) is 22.4. The van der Waals surface area contributed by atoms with Crippen LogP contribution < -0.4 is 16.0 Å². The van der Waals surface area contributed by atoms with Gasteiger partial charge in [-0.05, 0) is 57.2 Å². The van der Waals surface area contributed by atoms with E-state index >= 15 is 0 Å². The number of terminal acetylenes is 1. The zero-order valence-electron chi connectivity index (χ0n) is 22.4. The Morgan fingerprint density at radius 1 is 1.03 bits per heavy atom. The molecule has 3 N–H and O–H groups in total. The molecule has 5 aliphatic rings. The second-order valence-electron chi connectivity index (χ2n) is 11.2. The SMILES string of the molecule is C#CC[C@H]1NC(=O)CC2(CCN(C(=O)Nc3ccccc3)CC2)NC(=O)[C@@H]2CCCN2C2CCN(CC2)C1=O. The molecule has 2 bridgehead atoms. The van der Waals surface area contributed by atoms with Crippen molar-refractivity contribution >= 4 is 29.4 Å². The van der Waals surface area contributed by atoms with Gasteiger partial charge in [-0.1, -0.05) is 18.2 Å². The Kier molecular flexibility index (Phi) is 8.07. The van der Waals surface area contributed by atoms with Gasteiger partial charge in [-0.2, -0.15) is 0 Å². The fourth-order valence-electron chi connectivity index (χ4n) is 6.57. The summed E-state index contributed by atoms with van der Waals surface area (Å²) >= 11 is 0. The fraction of sp³-hybridized carbons (Fsp3) is 0.586. The largest absolute Gasteiger partial charge is 0.349 e. The predicted octanol–water partition coefficient (Wildman–Crippen LogP) is 1.54. The monoisotopic (exact) mass is 534 g/mol. The standard InChI is InChI=1S/C29H38N6O4/c1-2-7-23-27(38)33-16-11-22(12-17-33)35-15-6-10-24(35)26(37)32-29(20-25(36)31-23)13-18-34(19-14-29)28(39)30-21-8-4-3-5-9-21/h1,3-5,8-9,22-24H,6-7,10-20H2,(H,30,39)(H,31,36)(H,32,37)/t23-,24+/m1/s1. The van der Waals surface area contributed by atoms with Gasteiger partial charge in [0.2, 0.25) is 17.7 Å². The van der Waals surface area contributed by atoms with Crippen molar-refractivity contribution in [1.29, 1.82) is 0 Å². The lowest BCUT2D eigenvalue weighted by Crippen LogP contribution is -2.63. The van der Waals surface area contributed by atoms with E-state index in [-0.39, 0.29) is 48.7 Å². The average molecular weight is 535 g/mol. The van der Waals surface area contributed by atoms with Gasteiger partial charge in [0.25, 0.3) is 0 Å². The van der Waals surface area contributed by atoms with Crippen LogP contribution in [0.2, 0.25) is 0 Å². The Balaban J connectivity index is 1.35. The highest BCUT2D eigenvalue weighted by molar-refractivity contribution is 5.90. The number of carbonyl (C=O) groups excluding carboxylic acids is 4. The minimum absolute atomic E-state index is 0.0252. The quantitative estimate of drug-likeness (QED) is 0.498. The lowest BCUT2D eigenvalue weighted by Gasteiger charge is -2.44. The Labute approximate surface area is 229 Å². The van der Waals surface area contributed by atoms with E-state index in [0.717, 1.165) is 32.2 Å². The van der Waals surface area contributed by atoms with Crippen LogP contribution in [0.5, 0.6) is 0 Å². The fourth-order valence-corrected chi connectivity index (χ4v) is 6.57. The van der Waals surface area contributed by atoms with Crippen LogP contribution in [0.1, 0.15) is 51.4 Å². The summed E-state index contributed by atoms with van der Waals surface area (Å²) < 4.78 is 0. The van der Waals surface area contributed by atoms with E-state index in [9.17, 15) is 19.2 Å². The molecule has 5 aliphatic heterocycles. The molecular formula is C29H38N6O4. The van der Waals surface area contributed by atoms with Crippen molar-refractivity contribution in [3.63, 3.8) is 0 Å². The molecule has 0 aliphatic carbocycles. The summed E-state index contributed by atoms with van der Waals surface area (Å²) in [6, 6.07) is 8.27. The van der Waals surface area contributed by atoms with E-state index in [1.54, 1.807) is 9.80 Å². The molecule has 1 spiro atoms. The third-order valence-electron chi connectivity index (χ3n) is 8.72. The van der Waals surface area contributed by atoms with Crippen molar-refractivity contribution in [2.75, 3.05) is 38.0 Å². The van der Waals surface area contributed by atoms with Gasteiger partial charge in [0.15, 0.2) is 0 Å². The summed E-state index contributed by atoms with van der Waals surface area (Å²) in [4.78, 5) is 59.1. The first-order valence-corrected chi connectivity index (χ1v) is 14.1. The number of hydrogen-bond donors (Lipinski definition) is 3. The maximum absolute atomic E-state index is 13.7. The molecule has 0 saturated carbocycles. The second kappa shape index (κ2) is 11.7. The predicted molar refractivity (Wildman–Crippen MR) is 146 cm³/mol. The lowest BCUT2D eigenvalue weighted by atomic mass is 9.83. The molecular weight excluding hydrogens is 496 g/mol. The molecule has 0 unspecified atom stereocenters. The molecule has 5 saturated heterocycles. The van der Waals surface area contributed by atoms with E-state index in [1.165, 1.54) is 0 Å². The van der Waals surface area contributed by atoms with Crippen LogP contribution in [0.25, 0.3) is 0 Å². The van der Waals surface area contributed by atoms with Gasteiger partial charge in [0, 0.05) is 50.7 Å². The van der Waals surface area contributed by atoms with Crippen LogP contribution in [-0.2, 0) is 14.4 Å². The van der Waals surface area contributed by atoms with Crippen LogP contribution in [0.4, 0.5) is 10.5 Å². The number of urea groups is 1. The van der Waals surface area contributed by atoms with Crippen LogP contribution in [-0.4, -0.2) is 94.8 Å². The normalized spacial score (nSPS) is 26.4. The van der Waals surface area contributed by atoms with E-state index < -0.39 is 11.6 Å². The summed E-state index contributed by atoms with van der Waals surface area (Å²) in [5.74, 6) is 2.04. The number of nitrogens with one attached hydrogen (secondary N) is 3. The van der Waals surface area contributed by atoms with Gasteiger partial charge in [0.1, 0.15) is 6.04 Å². The molecule has 208 valence electrons. The molecule has 0 aromatic heterocycles. The number of hydrogen-bond acceptors (Lipinski definition) is 5. The van der Waals surface area contributed by atoms with E-state index in [1.807, 2.05) is 30.3 Å². The van der Waals surface area contributed by atoms with Crippen LogP contribution in [0.15, 0.2) is 30.3 Å². The maximum atomic E-state index is 13.7. The van der Waals surface area contributed by atoms with Gasteiger partial charge in [-0.15, -0.1) is 12.3 Å². The number of fused-ring (bicyclic) bond motifs is 7. The summed E-state index contributed by atoms with van der Waals surface area (Å²) in [5.41, 5.74) is -0.101. The van der Waals surface area contributed by atoms with Gasteiger partial charge in [-0.25, -0.2) is 4.79 Å². The van der Waals surface area contributed by atoms with Crippen molar-refractivity contribution in [3.8, 4) is 12.3 Å². The van der Waals surface area contributed by atoms with E-state index in [0.29, 0.717) is 44.7 Å². The zero-order chi connectivity index (χ0) is 27.4. The van der Waals surface area contributed by atoms with Crippen LogP contribution >= 0.6 is 0 Å². The summed E-state index contributed by atoms with van der Waals surface area (Å²) in [7, 11) is 0.